The minimum absolute atomic E-state index is 0.0395. The number of hydrogen-bond donors (Lipinski definition) is 4. The summed E-state index contributed by atoms with van der Waals surface area (Å²) in [7, 11) is 0. The number of nitrogens with zero attached hydrogens (tertiary/aromatic N) is 4. The van der Waals surface area contributed by atoms with Crippen molar-refractivity contribution in [3.05, 3.63) is 107 Å². The summed E-state index contributed by atoms with van der Waals surface area (Å²) in [6, 6.07) is 16.4. The molecule has 58 heavy (non-hydrogen) atoms. The SMILES string of the molecule is CCN(CCN(CC)C(=O)c1[nH]cnc1C(=O)NC(CC(C)C)C(=O)OCc1ccccc1)C(=O)c1[nH]cnc1C(=O)NC(CC(C)C)C(=O)OCc1ccccc1. The third-order valence-corrected chi connectivity index (χ3v) is 9.16. The average Bonchev–Trinajstić information content (AvgIpc) is 3.92. The Hall–Kier alpha value is -6.32. The van der Waals surface area contributed by atoms with Crippen LogP contribution >= 0.6 is 0 Å². The van der Waals surface area contributed by atoms with Crippen LogP contribution in [-0.4, -0.2) is 104 Å². The van der Waals surface area contributed by atoms with Gasteiger partial charge in [0.2, 0.25) is 0 Å². The summed E-state index contributed by atoms with van der Waals surface area (Å²) < 4.78 is 11.0. The number of H-pyrrole nitrogens is 2. The van der Waals surface area contributed by atoms with Crippen LogP contribution in [0.5, 0.6) is 0 Å². The van der Waals surface area contributed by atoms with E-state index in [4.69, 9.17) is 9.47 Å². The van der Waals surface area contributed by atoms with Crippen LogP contribution in [0.3, 0.4) is 0 Å². The molecule has 4 rings (SSSR count). The fourth-order valence-electron chi connectivity index (χ4n) is 6.11. The molecule has 2 unspecified atom stereocenters. The lowest BCUT2D eigenvalue weighted by Gasteiger charge is -2.26. The number of imidazole rings is 2. The molecule has 16 heteroatoms. The number of likely N-dealkylation sites (N-methyl/N-ethyl adjacent to an activating group) is 2. The molecule has 0 fully saturated rings. The van der Waals surface area contributed by atoms with Gasteiger partial charge in [-0.1, -0.05) is 88.4 Å². The molecule has 4 aromatic rings. The number of carbonyl (C=O) groups excluding carboxylic acids is 6. The molecule has 2 heterocycles. The second kappa shape index (κ2) is 21.8. The molecule has 4 amide bonds. The van der Waals surface area contributed by atoms with Crippen molar-refractivity contribution < 1.29 is 38.2 Å². The summed E-state index contributed by atoms with van der Waals surface area (Å²) in [5, 5.41) is 5.39. The quantitative estimate of drug-likeness (QED) is 0.0866. The lowest BCUT2D eigenvalue weighted by molar-refractivity contribution is -0.148. The third kappa shape index (κ3) is 12.6. The van der Waals surface area contributed by atoms with Gasteiger partial charge in [0.25, 0.3) is 23.6 Å². The highest BCUT2D eigenvalue weighted by atomic mass is 16.5. The first-order valence-corrected chi connectivity index (χ1v) is 19.5. The Morgan fingerprint density at radius 2 is 0.966 bits per heavy atom. The fraction of sp³-hybridized carbons (Fsp3) is 0.429. The molecule has 4 N–H and O–H groups in total. The largest absolute Gasteiger partial charge is 0.459 e. The van der Waals surface area contributed by atoms with Crippen molar-refractivity contribution in [3.63, 3.8) is 0 Å². The maximum atomic E-state index is 13.8. The Labute approximate surface area is 338 Å². The predicted octanol–water partition coefficient (Wildman–Crippen LogP) is 4.53. The van der Waals surface area contributed by atoms with Gasteiger partial charge < -0.3 is 39.9 Å². The molecule has 2 aromatic carbocycles. The predicted molar refractivity (Wildman–Crippen MR) is 214 cm³/mol. The van der Waals surface area contributed by atoms with Gasteiger partial charge >= 0.3 is 11.9 Å². The van der Waals surface area contributed by atoms with Crippen molar-refractivity contribution in [2.75, 3.05) is 26.2 Å². The van der Waals surface area contributed by atoms with E-state index in [1.807, 2.05) is 88.4 Å². The first-order valence-electron chi connectivity index (χ1n) is 19.5. The van der Waals surface area contributed by atoms with Gasteiger partial charge in [-0.2, -0.15) is 0 Å². The standard InChI is InChI=1S/C42H54N8O8/c1-7-49(39(53)35-33(43-25-45-35)37(51)47-31(21-27(3)4)41(55)57-23-29-15-11-9-12-16-29)19-20-50(8-2)40(54)36-34(44-26-46-36)38(52)48-32(22-28(5)6)42(56)58-24-30-17-13-10-14-18-30/h9-18,25-28,31-32H,7-8,19-24H2,1-6H3,(H,43,45)(H,44,46)(H,47,51)(H,48,52). The van der Waals surface area contributed by atoms with E-state index in [0.29, 0.717) is 12.8 Å². The first-order chi connectivity index (χ1) is 27.8. The zero-order chi connectivity index (χ0) is 42.2. The van der Waals surface area contributed by atoms with E-state index in [9.17, 15) is 28.8 Å². The van der Waals surface area contributed by atoms with E-state index in [2.05, 4.69) is 30.6 Å². The van der Waals surface area contributed by atoms with Crippen molar-refractivity contribution in [2.24, 2.45) is 11.8 Å². The molecule has 0 aliphatic heterocycles. The van der Waals surface area contributed by atoms with Crippen LogP contribution < -0.4 is 10.6 Å². The number of rotatable bonds is 21. The summed E-state index contributed by atoms with van der Waals surface area (Å²) in [6.45, 7) is 11.8. The number of nitrogens with one attached hydrogen (secondary N) is 4. The average molecular weight is 799 g/mol. The molecule has 16 nitrogen and oxygen atoms in total. The van der Waals surface area contributed by atoms with Gasteiger partial charge in [-0.05, 0) is 49.7 Å². The molecule has 0 radical (unpaired) electrons. The third-order valence-electron chi connectivity index (χ3n) is 9.16. The van der Waals surface area contributed by atoms with Crippen molar-refractivity contribution in [3.8, 4) is 0 Å². The van der Waals surface area contributed by atoms with E-state index in [1.54, 1.807) is 13.8 Å². The van der Waals surface area contributed by atoms with Gasteiger partial charge in [-0.15, -0.1) is 0 Å². The Bertz CT molecular complexity index is 1840. The molecule has 0 aliphatic rings. The van der Waals surface area contributed by atoms with Crippen LogP contribution in [-0.2, 0) is 32.3 Å². The molecule has 310 valence electrons. The summed E-state index contributed by atoms with van der Waals surface area (Å²) in [5.74, 6) is -3.67. The lowest BCUT2D eigenvalue weighted by atomic mass is 10.0. The summed E-state index contributed by atoms with van der Waals surface area (Å²) in [6.07, 6.45) is 3.05. The number of aromatic amines is 2. The highest BCUT2D eigenvalue weighted by molar-refractivity contribution is 6.06. The van der Waals surface area contributed by atoms with Gasteiger partial charge in [-0.3, -0.25) is 19.2 Å². The van der Waals surface area contributed by atoms with Crippen LogP contribution in [0.15, 0.2) is 73.3 Å². The van der Waals surface area contributed by atoms with E-state index in [0.717, 1.165) is 11.1 Å². The molecular weight excluding hydrogens is 745 g/mol. The molecule has 0 spiro atoms. The molecule has 0 saturated carbocycles. The Morgan fingerprint density at radius 3 is 1.29 bits per heavy atom. The zero-order valence-electron chi connectivity index (χ0n) is 33.9. The molecular formula is C42H54N8O8. The number of benzene rings is 2. The van der Waals surface area contributed by atoms with Crippen molar-refractivity contribution in [1.82, 2.24) is 40.4 Å². The molecule has 2 aromatic heterocycles. The minimum atomic E-state index is -0.980. The summed E-state index contributed by atoms with van der Waals surface area (Å²) in [5.41, 5.74) is 1.05. The van der Waals surface area contributed by atoms with Crippen molar-refractivity contribution in [1.29, 1.82) is 0 Å². The van der Waals surface area contributed by atoms with Crippen molar-refractivity contribution >= 4 is 35.6 Å². The molecule has 2 atom stereocenters. The molecule has 0 saturated heterocycles. The lowest BCUT2D eigenvalue weighted by Crippen LogP contribution is -2.45. The van der Waals surface area contributed by atoms with Gasteiger partial charge in [0.15, 0.2) is 11.4 Å². The van der Waals surface area contributed by atoms with Crippen molar-refractivity contribution in [2.45, 2.75) is 79.7 Å². The first kappa shape index (κ1) is 44.4. The summed E-state index contributed by atoms with van der Waals surface area (Å²) in [4.78, 5) is 97.3. The van der Waals surface area contributed by atoms with Crippen LogP contribution in [0.2, 0.25) is 0 Å². The topological polar surface area (TPSA) is 209 Å². The maximum Gasteiger partial charge on any atom is 0.328 e. The van der Waals surface area contributed by atoms with E-state index >= 15 is 0 Å². The van der Waals surface area contributed by atoms with Gasteiger partial charge in [-0.25, -0.2) is 19.6 Å². The number of carbonyl (C=O) groups is 6. The normalized spacial score (nSPS) is 12.1. The van der Waals surface area contributed by atoms with E-state index < -0.39 is 47.7 Å². The van der Waals surface area contributed by atoms with E-state index in [-0.39, 0.29) is 74.0 Å². The monoisotopic (exact) mass is 798 g/mol. The van der Waals surface area contributed by atoms with Crippen LogP contribution in [0.25, 0.3) is 0 Å². The Kier molecular flexibility index (Phi) is 16.7. The molecule has 0 bridgehead atoms. The highest BCUT2D eigenvalue weighted by Crippen LogP contribution is 2.15. The second-order valence-electron chi connectivity index (χ2n) is 14.5. The fourth-order valence-corrected chi connectivity index (χ4v) is 6.11. The van der Waals surface area contributed by atoms with Gasteiger partial charge in [0.1, 0.15) is 36.7 Å². The zero-order valence-corrected chi connectivity index (χ0v) is 33.9. The number of esters is 2. The minimum Gasteiger partial charge on any atom is -0.459 e. The second-order valence-corrected chi connectivity index (χ2v) is 14.5. The van der Waals surface area contributed by atoms with Crippen LogP contribution in [0, 0.1) is 11.8 Å². The van der Waals surface area contributed by atoms with Crippen LogP contribution in [0.4, 0.5) is 0 Å². The van der Waals surface area contributed by atoms with Gasteiger partial charge in [0, 0.05) is 26.2 Å². The smallest absolute Gasteiger partial charge is 0.328 e. The van der Waals surface area contributed by atoms with Crippen LogP contribution in [0.1, 0.15) is 107 Å². The number of hydrogen-bond acceptors (Lipinski definition) is 10. The summed E-state index contributed by atoms with van der Waals surface area (Å²) >= 11 is 0. The number of ether oxygens (including phenoxy) is 2. The molecule has 0 aliphatic carbocycles. The Balaban J connectivity index is 1.39. The van der Waals surface area contributed by atoms with E-state index in [1.165, 1.54) is 22.5 Å². The number of amides is 4. The maximum absolute atomic E-state index is 13.8. The highest BCUT2D eigenvalue weighted by Gasteiger charge is 2.31. The van der Waals surface area contributed by atoms with Gasteiger partial charge in [0.05, 0.1) is 12.7 Å². The number of aromatic nitrogens is 4. The Morgan fingerprint density at radius 1 is 0.603 bits per heavy atom.